The van der Waals surface area contributed by atoms with E-state index >= 15 is 0 Å². The third-order valence-electron chi connectivity index (χ3n) is 3.30. The van der Waals surface area contributed by atoms with Crippen LogP contribution in [0.5, 0.6) is 5.75 Å². The first-order valence-electron chi connectivity index (χ1n) is 6.55. The topological polar surface area (TPSA) is 21.3 Å². The number of nitrogens with one attached hydrogen (secondary N) is 1. The lowest BCUT2D eigenvalue weighted by atomic mass is 10.1. The number of hydrogen-bond acceptors (Lipinski definition) is 2. The Bertz CT molecular complexity index is 631. The van der Waals surface area contributed by atoms with Crippen molar-refractivity contribution in [2.75, 3.05) is 7.05 Å². The molecule has 2 rings (SSSR count). The molecule has 0 spiro atoms. The number of ether oxygens (including phenoxy) is 1. The highest BCUT2D eigenvalue weighted by Gasteiger charge is 2.11. The molecule has 0 aliphatic heterocycles. The van der Waals surface area contributed by atoms with Crippen LogP contribution in [0.2, 0.25) is 0 Å². The molecule has 0 heterocycles. The van der Waals surface area contributed by atoms with Crippen LogP contribution in [0.3, 0.4) is 0 Å². The molecule has 0 fully saturated rings. The van der Waals surface area contributed by atoms with Crippen LogP contribution in [-0.4, -0.2) is 7.05 Å². The first-order valence-corrected chi connectivity index (χ1v) is 6.55. The van der Waals surface area contributed by atoms with Gasteiger partial charge in [-0.25, -0.2) is 13.2 Å². The predicted molar refractivity (Wildman–Crippen MR) is 74.6 cm³/mol. The molecule has 2 nitrogen and oxygen atoms in total. The summed E-state index contributed by atoms with van der Waals surface area (Å²) in [5.74, 6) is -2.45. The van der Waals surface area contributed by atoms with Gasteiger partial charge in [-0.15, -0.1) is 0 Å². The van der Waals surface area contributed by atoms with Crippen molar-refractivity contribution < 1.29 is 17.9 Å². The molecule has 0 radical (unpaired) electrons. The van der Waals surface area contributed by atoms with Gasteiger partial charge in [0.15, 0.2) is 23.2 Å². The Morgan fingerprint density at radius 1 is 1.10 bits per heavy atom. The maximum atomic E-state index is 13.9. The SMILES string of the molecule is CNC(C)c1ccc(OCc2cccc(F)c2F)c(F)c1. The molecule has 2 aromatic carbocycles. The van der Waals surface area contributed by atoms with Crippen LogP contribution in [0.1, 0.15) is 24.1 Å². The van der Waals surface area contributed by atoms with Gasteiger partial charge in [-0.2, -0.15) is 0 Å². The van der Waals surface area contributed by atoms with Crippen molar-refractivity contribution in [2.45, 2.75) is 19.6 Å². The number of halogens is 3. The number of benzene rings is 2. The summed E-state index contributed by atoms with van der Waals surface area (Å²) < 4.78 is 45.7. The minimum Gasteiger partial charge on any atom is -0.486 e. The van der Waals surface area contributed by atoms with Gasteiger partial charge in [-0.1, -0.05) is 18.2 Å². The molecular formula is C16H16F3NO. The molecule has 2 aromatic rings. The second-order valence-corrected chi connectivity index (χ2v) is 4.70. The summed E-state index contributed by atoms with van der Waals surface area (Å²) in [6.45, 7) is 1.67. The summed E-state index contributed by atoms with van der Waals surface area (Å²) in [5.41, 5.74) is 0.821. The fraction of sp³-hybridized carbons (Fsp3) is 0.250. The molecule has 112 valence electrons. The van der Waals surface area contributed by atoms with Gasteiger partial charge in [0.2, 0.25) is 0 Å². The molecule has 1 unspecified atom stereocenters. The van der Waals surface area contributed by atoms with E-state index < -0.39 is 17.5 Å². The molecular weight excluding hydrogens is 279 g/mol. The highest BCUT2D eigenvalue weighted by Crippen LogP contribution is 2.23. The number of rotatable bonds is 5. The van der Waals surface area contributed by atoms with Crippen LogP contribution in [0, 0.1) is 17.5 Å². The Balaban J connectivity index is 2.12. The molecule has 0 bridgehead atoms. The average molecular weight is 295 g/mol. The predicted octanol–water partition coefficient (Wildman–Crippen LogP) is 3.96. The normalized spacial score (nSPS) is 12.2. The zero-order valence-electron chi connectivity index (χ0n) is 11.8. The Kier molecular flexibility index (Phi) is 4.85. The van der Waals surface area contributed by atoms with Crippen LogP contribution in [0.15, 0.2) is 36.4 Å². The molecule has 0 amide bonds. The van der Waals surface area contributed by atoms with Crippen LogP contribution >= 0.6 is 0 Å². The van der Waals surface area contributed by atoms with Gasteiger partial charge in [0.05, 0.1) is 0 Å². The fourth-order valence-electron chi connectivity index (χ4n) is 1.89. The largest absolute Gasteiger partial charge is 0.486 e. The molecule has 1 N–H and O–H groups in total. The van der Waals surface area contributed by atoms with Crippen molar-refractivity contribution in [3.63, 3.8) is 0 Å². The first kappa shape index (κ1) is 15.4. The molecule has 1 atom stereocenters. The molecule has 0 saturated heterocycles. The standard InChI is InChI=1S/C16H16F3NO/c1-10(20-2)11-6-7-15(14(18)8-11)21-9-12-4-3-5-13(17)16(12)19/h3-8,10,20H,9H2,1-2H3. The zero-order chi connectivity index (χ0) is 15.4. The molecule has 5 heteroatoms. The molecule has 0 aliphatic rings. The first-order chi connectivity index (χ1) is 10.0. The van der Waals surface area contributed by atoms with Crippen molar-refractivity contribution >= 4 is 0 Å². The van der Waals surface area contributed by atoms with E-state index in [9.17, 15) is 13.2 Å². The lowest BCUT2D eigenvalue weighted by Crippen LogP contribution is -2.12. The second-order valence-electron chi connectivity index (χ2n) is 4.70. The van der Waals surface area contributed by atoms with Crippen LogP contribution < -0.4 is 10.1 Å². The summed E-state index contributed by atoms with van der Waals surface area (Å²) in [7, 11) is 1.78. The van der Waals surface area contributed by atoms with E-state index in [1.54, 1.807) is 13.1 Å². The molecule has 21 heavy (non-hydrogen) atoms. The maximum absolute atomic E-state index is 13.9. The minimum atomic E-state index is -0.974. The Labute approximate surface area is 121 Å². The lowest BCUT2D eigenvalue weighted by molar-refractivity contribution is 0.282. The molecule has 0 saturated carbocycles. The summed E-state index contributed by atoms with van der Waals surface area (Å²) in [4.78, 5) is 0. The van der Waals surface area contributed by atoms with Crippen LogP contribution in [-0.2, 0) is 6.61 Å². The maximum Gasteiger partial charge on any atom is 0.165 e. The van der Waals surface area contributed by atoms with Crippen molar-refractivity contribution in [3.05, 3.63) is 65.0 Å². The lowest BCUT2D eigenvalue weighted by Gasteiger charge is -2.13. The van der Waals surface area contributed by atoms with Crippen molar-refractivity contribution in [3.8, 4) is 5.75 Å². The fourth-order valence-corrected chi connectivity index (χ4v) is 1.89. The molecule has 0 aromatic heterocycles. The van der Waals surface area contributed by atoms with Crippen LogP contribution in [0.4, 0.5) is 13.2 Å². The van der Waals surface area contributed by atoms with Gasteiger partial charge in [0, 0.05) is 11.6 Å². The summed E-state index contributed by atoms with van der Waals surface area (Å²) in [6.07, 6.45) is 0. The van der Waals surface area contributed by atoms with Crippen LogP contribution in [0.25, 0.3) is 0 Å². The average Bonchev–Trinajstić information content (AvgIpc) is 2.49. The van der Waals surface area contributed by atoms with E-state index in [-0.39, 0.29) is 24.0 Å². The highest BCUT2D eigenvalue weighted by molar-refractivity contribution is 5.31. The van der Waals surface area contributed by atoms with E-state index in [0.29, 0.717) is 0 Å². The van der Waals surface area contributed by atoms with E-state index in [1.807, 2.05) is 6.92 Å². The van der Waals surface area contributed by atoms with E-state index in [4.69, 9.17) is 4.74 Å². The summed E-state index contributed by atoms with van der Waals surface area (Å²) in [6, 6.07) is 8.37. The third-order valence-corrected chi connectivity index (χ3v) is 3.30. The summed E-state index contributed by atoms with van der Waals surface area (Å²) >= 11 is 0. The van der Waals surface area contributed by atoms with Gasteiger partial charge in [-0.3, -0.25) is 0 Å². The monoisotopic (exact) mass is 295 g/mol. The minimum absolute atomic E-state index is 0.00529. The Morgan fingerprint density at radius 2 is 1.86 bits per heavy atom. The van der Waals surface area contributed by atoms with Crippen molar-refractivity contribution in [1.82, 2.24) is 5.32 Å². The van der Waals surface area contributed by atoms with Gasteiger partial charge < -0.3 is 10.1 Å². The quantitative estimate of drug-likeness (QED) is 0.901. The Morgan fingerprint density at radius 3 is 2.52 bits per heavy atom. The van der Waals surface area contributed by atoms with Crippen molar-refractivity contribution in [2.24, 2.45) is 0 Å². The zero-order valence-corrected chi connectivity index (χ0v) is 11.8. The highest BCUT2D eigenvalue weighted by atomic mass is 19.2. The summed E-state index contributed by atoms with van der Waals surface area (Å²) in [5, 5.41) is 3.00. The molecule has 0 aliphatic carbocycles. The van der Waals surface area contributed by atoms with E-state index in [0.717, 1.165) is 11.6 Å². The smallest absolute Gasteiger partial charge is 0.165 e. The van der Waals surface area contributed by atoms with Gasteiger partial charge in [-0.05, 0) is 37.7 Å². The second kappa shape index (κ2) is 6.63. The van der Waals surface area contributed by atoms with Gasteiger partial charge in [0.25, 0.3) is 0 Å². The van der Waals surface area contributed by atoms with Crippen molar-refractivity contribution in [1.29, 1.82) is 0 Å². The van der Waals surface area contributed by atoms with Gasteiger partial charge in [0.1, 0.15) is 6.61 Å². The van der Waals surface area contributed by atoms with E-state index in [2.05, 4.69) is 5.32 Å². The third kappa shape index (κ3) is 3.55. The van der Waals surface area contributed by atoms with Gasteiger partial charge >= 0.3 is 0 Å². The number of hydrogen-bond donors (Lipinski definition) is 1. The Hall–Kier alpha value is -2.01. The van der Waals surface area contributed by atoms with E-state index in [1.165, 1.54) is 24.3 Å².